The molecule has 1 amide bonds. The number of ether oxygens (including phenoxy) is 1. The highest BCUT2D eigenvalue weighted by atomic mass is 35.5. The number of benzene rings is 2. The average Bonchev–Trinajstić information content (AvgIpc) is 2.73. The summed E-state index contributed by atoms with van der Waals surface area (Å²) in [6.45, 7) is -0.327. The molecule has 29 heavy (non-hydrogen) atoms. The van der Waals surface area contributed by atoms with Crippen LogP contribution in [0.25, 0.3) is 0 Å². The molecule has 0 saturated heterocycles. The van der Waals surface area contributed by atoms with Gasteiger partial charge in [0.2, 0.25) is 0 Å². The predicted molar refractivity (Wildman–Crippen MR) is 103 cm³/mol. The lowest BCUT2D eigenvalue weighted by molar-refractivity contribution is -0.133. The second kappa shape index (κ2) is 8.25. The summed E-state index contributed by atoms with van der Waals surface area (Å²) < 4.78 is 5.00. The van der Waals surface area contributed by atoms with Crippen molar-refractivity contribution in [2.24, 2.45) is 0 Å². The molecule has 0 heterocycles. The quantitative estimate of drug-likeness (QED) is 0.599. The van der Waals surface area contributed by atoms with Gasteiger partial charge in [0.1, 0.15) is 0 Å². The monoisotopic (exact) mass is 410 g/mol. The van der Waals surface area contributed by atoms with E-state index in [0.29, 0.717) is 0 Å². The number of hydrogen-bond acceptors (Lipinski definition) is 6. The Morgan fingerprint density at radius 3 is 2.38 bits per heavy atom. The van der Waals surface area contributed by atoms with Crippen LogP contribution in [0.4, 0.5) is 0 Å². The van der Waals surface area contributed by atoms with E-state index in [1.54, 1.807) is 18.2 Å². The summed E-state index contributed by atoms with van der Waals surface area (Å²) in [6, 6.07) is 10.9. The van der Waals surface area contributed by atoms with Crippen LogP contribution >= 0.6 is 11.6 Å². The van der Waals surface area contributed by atoms with Gasteiger partial charge in [-0.25, -0.2) is 4.79 Å². The number of amides is 1. The Balaban J connectivity index is 1.83. The molecule has 7 nitrogen and oxygen atoms in total. The molecule has 0 atom stereocenters. The van der Waals surface area contributed by atoms with Crippen molar-refractivity contribution in [2.75, 3.05) is 20.2 Å². The first-order valence-corrected chi connectivity index (χ1v) is 9.03. The molecule has 8 heteroatoms. The largest absolute Gasteiger partial charge is 0.452 e. The molecule has 1 aliphatic rings. The first-order valence-electron chi connectivity index (χ1n) is 8.65. The number of fused-ring (bicyclic) bond motifs is 2. The molecule has 0 N–H and O–H groups in total. The van der Waals surface area contributed by atoms with Crippen molar-refractivity contribution in [3.63, 3.8) is 0 Å². The van der Waals surface area contributed by atoms with Gasteiger partial charge in [-0.2, -0.15) is 5.26 Å². The highest BCUT2D eigenvalue weighted by Crippen LogP contribution is 2.34. The summed E-state index contributed by atoms with van der Waals surface area (Å²) in [5.41, 5.74) is 0.442. The molecule has 2 aromatic carbocycles. The molecular formula is C21H15ClN2O5. The fourth-order valence-electron chi connectivity index (χ4n) is 2.96. The maximum Gasteiger partial charge on any atom is 0.340 e. The first kappa shape index (κ1) is 20.2. The summed E-state index contributed by atoms with van der Waals surface area (Å²) in [6.07, 6.45) is 0.157. The highest BCUT2D eigenvalue weighted by Gasteiger charge is 2.33. The predicted octanol–water partition coefficient (Wildman–Crippen LogP) is 2.64. The van der Waals surface area contributed by atoms with E-state index < -0.39 is 24.3 Å². The van der Waals surface area contributed by atoms with E-state index in [-0.39, 0.29) is 51.6 Å². The Bertz CT molecular complexity index is 1090. The van der Waals surface area contributed by atoms with Crippen LogP contribution in [0, 0.1) is 11.3 Å². The number of ketones is 2. The van der Waals surface area contributed by atoms with Crippen LogP contribution in [0.1, 0.15) is 48.6 Å². The van der Waals surface area contributed by atoms with E-state index >= 15 is 0 Å². The summed E-state index contributed by atoms with van der Waals surface area (Å²) in [4.78, 5) is 51.1. The van der Waals surface area contributed by atoms with Crippen molar-refractivity contribution in [1.82, 2.24) is 4.90 Å². The first-order chi connectivity index (χ1) is 13.9. The van der Waals surface area contributed by atoms with Crippen LogP contribution in [0.15, 0.2) is 36.4 Å². The lowest BCUT2D eigenvalue weighted by Crippen LogP contribution is -2.32. The lowest BCUT2D eigenvalue weighted by atomic mass is 9.83. The molecule has 1 aliphatic carbocycles. The minimum Gasteiger partial charge on any atom is -0.452 e. The summed E-state index contributed by atoms with van der Waals surface area (Å²) in [5, 5.41) is 8.36. The van der Waals surface area contributed by atoms with E-state index in [4.69, 9.17) is 21.6 Å². The molecule has 0 aromatic heterocycles. The molecule has 0 unspecified atom stereocenters. The number of halogens is 1. The van der Waals surface area contributed by atoms with E-state index in [1.807, 2.05) is 6.07 Å². The van der Waals surface area contributed by atoms with Gasteiger partial charge in [-0.05, 0) is 12.1 Å². The molecule has 0 spiro atoms. The fraction of sp³-hybridized carbons (Fsp3) is 0.190. The maximum atomic E-state index is 12.8. The summed E-state index contributed by atoms with van der Waals surface area (Å²) in [5.74, 6) is -2.18. The van der Waals surface area contributed by atoms with E-state index in [9.17, 15) is 19.2 Å². The zero-order valence-electron chi connectivity index (χ0n) is 15.4. The number of carbonyl (C=O) groups is 4. The van der Waals surface area contributed by atoms with Crippen LogP contribution in [-0.2, 0) is 9.53 Å². The zero-order chi connectivity index (χ0) is 21.1. The Labute approximate surface area is 171 Å². The van der Waals surface area contributed by atoms with Gasteiger partial charge < -0.3 is 9.64 Å². The Morgan fingerprint density at radius 1 is 1.07 bits per heavy atom. The SMILES string of the molecule is CN(CCC#N)C(=O)COC(=O)c1ccc2c(c1Cl)C(=O)c1ccccc1C2=O. The van der Waals surface area contributed by atoms with Crippen molar-refractivity contribution in [2.45, 2.75) is 6.42 Å². The summed E-state index contributed by atoms with van der Waals surface area (Å²) in [7, 11) is 1.49. The molecule has 146 valence electrons. The number of nitrogens with zero attached hydrogens (tertiary/aromatic N) is 2. The fourth-order valence-corrected chi connectivity index (χ4v) is 3.29. The maximum absolute atomic E-state index is 12.8. The normalized spacial score (nSPS) is 11.9. The molecule has 0 fully saturated rings. The van der Waals surface area contributed by atoms with Crippen molar-refractivity contribution in [3.8, 4) is 6.07 Å². The molecule has 0 aliphatic heterocycles. The smallest absolute Gasteiger partial charge is 0.340 e. The molecule has 3 rings (SSSR count). The van der Waals surface area contributed by atoms with Gasteiger partial charge in [0.15, 0.2) is 18.2 Å². The molecule has 0 saturated carbocycles. The van der Waals surface area contributed by atoms with Gasteiger partial charge in [-0.15, -0.1) is 0 Å². The Kier molecular flexibility index (Phi) is 5.76. The average molecular weight is 411 g/mol. The van der Waals surface area contributed by atoms with E-state index in [1.165, 1.54) is 30.1 Å². The van der Waals surface area contributed by atoms with Crippen LogP contribution in [0.2, 0.25) is 5.02 Å². The third kappa shape index (κ3) is 3.75. The number of carbonyl (C=O) groups excluding carboxylic acids is 4. The number of esters is 1. The second-order valence-electron chi connectivity index (χ2n) is 6.35. The van der Waals surface area contributed by atoms with E-state index in [2.05, 4.69) is 0 Å². The van der Waals surface area contributed by atoms with Crippen LogP contribution in [-0.4, -0.2) is 48.5 Å². The van der Waals surface area contributed by atoms with Crippen molar-refractivity contribution < 1.29 is 23.9 Å². The Hall–Kier alpha value is -3.50. The van der Waals surface area contributed by atoms with E-state index in [0.717, 1.165) is 0 Å². The van der Waals surface area contributed by atoms with Crippen LogP contribution < -0.4 is 0 Å². The topological polar surface area (TPSA) is 105 Å². The Morgan fingerprint density at radius 2 is 1.72 bits per heavy atom. The molecule has 2 aromatic rings. The van der Waals surface area contributed by atoms with Gasteiger partial charge in [-0.1, -0.05) is 35.9 Å². The standard InChI is InChI=1S/C21H15ClN2O5/c1-24(10-4-9-23)16(25)11-29-21(28)15-8-7-14-17(18(15)22)20(27)13-6-3-2-5-12(13)19(14)26/h2-3,5-8H,4,10-11H2,1H3. The molecule has 0 radical (unpaired) electrons. The second-order valence-corrected chi connectivity index (χ2v) is 6.73. The minimum absolute atomic E-state index is 0.0534. The number of nitriles is 1. The molecular weight excluding hydrogens is 396 g/mol. The summed E-state index contributed by atoms with van der Waals surface area (Å²) >= 11 is 6.29. The van der Waals surface area contributed by atoms with Crippen molar-refractivity contribution in [1.29, 1.82) is 5.26 Å². The lowest BCUT2D eigenvalue weighted by Gasteiger charge is -2.19. The van der Waals surface area contributed by atoms with Gasteiger partial charge in [0.05, 0.1) is 28.6 Å². The highest BCUT2D eigenvalue weighted by molar-refractivity contribution is 6.41. The minimum atomic E-state index is -0.890. The van der Waals surface area contributed by atoms with Crippen molar-refractivity contribution in [3.05, 3.63) is 69.2 Å². The third-order valence-electron chi connectivity index (χ3n) is 4.56. The van der Waals surface area contributed by atoms with Gasteiger partial charge in [0, 0.05) is 30.3 Å². The van der Waals surface area contributed by atoms with Gasteiger partial charge >= 0.3 is 5.97 Å². The van der Waals surface area contributed by atoms with Crippen LogP contribution in [0.5, 0.6) is 0 Å². The van der Waals surface area contributed by atoms with Crippen molar-refractivity contribution >= 4 is 35.0 Å². The third-order valence-corrected chi connectivity index (χ3v) is 4.95. The number of rotatable bonds is 5. The zero-order valence-corrected chi connectivity index (χ0v) is 16.2. The van der Waals surface area contributed by atoms with Crippen LogP contribution in [0.3, 0.4) is 0 Å². The van der Waals surface area contributed by atoms with Gasteiger partial charge in [0.25, 0.3) is 5.91 Å². The molecule has 0 bridgehead atoms. The number of likely N-dealkylation sites (N-methyl/N-ethyl adjacent to an activating group) is 1. The van der Waals surface area contributed by atoms with Gasteiger partial charge in [-0.3, -0.25) is 14.4 Å². The number of hydrogen-bond donors (Lipinski definition) is 0.